The Bertz CT molecular complexity index is 863. The molecule has 2 atom stereocenters. The first kappa shape index (κ1) is 22.7. The van der Waals surface area contributed by atoms with Crippen molar-refractivity contribution in [3.63, 3.8) is 0 Å². The quantitative estimate of drug-likeness (QED) is 0.576. The van der Waals surface area contributed by atoms with Crippen LogP contribution in [0.25, 0.3) is 0 Å². The molecule has 0 fully saturated rings. The SMILES string of the molecule is CCC(C)C(NC(=O)c1ccccc1)C(=O)NNC(=O)c1cc(OC)cc(OC)c1. The highest BCUT2D eigenvalue weighted by atomic mass is 16.5. The summed E-state index contributed by atoms with van der Waals surface area (Å²) < 4.78 is 10.3. The normalized spacial score (nSPS) is 12.3. The summed E-state index contributed by atoms with van der Waals surface area (Å²) in [6.07, 6.45) is 0.661. The summed E-state index contributed by atoms with van der Waals surface area (Å²) >= 11 is 0. The van der Waals surface area contributed by atoms with Gasteiger partial charge < -0.3 is 14.8 Å². The molecule has 0 saturated heterocycles. The molecule has 0 aliphatic heterocycles. The van der Waals surface area contributed by atoms with E-state index in [1.165, 1.54) is 26.4 Å². The lowest BCUT2D eigenvalue weighted by atomic mass is 9.98. The highest BCUT2D eigenvalue weighted by Crippen LogP contribution is 2.22. The maximum atomic E-state index is 12.7. The number of amides is 3. The molecule has 8 nitrogen and oxygen atoms in total. The first-order valence-electron chi connectivity index (χ1n) is 9.58. The second-order valence-corrected chi connectivity index (χ2v) is 6.75. The highest BCUT2D eigenvalue weighted by molar-refractivity contribution is 5.99. The van der Waals surface area contributed by atoms with Crippen molar-refractivity contribution in [2.24, 2.45) is 5.92 Å². The van der Waals surface area contributed by atoms with Gasteiger partial charge in [-0.15, -0.1) is 0 Å². The zero-order valence-electron chi connectivity index (χ0n) is 17.5. The van der Waals surface area contributed by atoms with Gasteiger partial charge in [0.05, 0.1) is 14.2 Å². The van der Waals surface area contributed by atoms with Crippen LogP contribution in [0.3, 0.4) is 0 Å². The maximum Gasteiger partial charge on any atom is 0.269 e. The molecule has 0 heterocycles. The number of carbonyl (C=O) groups excluding carboxylic acids is 3. The number of hydrazine groups is 1. The van der Waals surface area contributed by atoms with Crippen LogP contribution in [0.5, 0.6) is 11.5 Å². The summed E-state index contributed by atoms with van der Waals surface area (Å²) in [4.78, 5) is 37.6. The van der Waals surface area contributed by atoms with E-state index >= 15 is 0 Å². The smallest absolute Gasteiger partial charge is 0.269 e. The Hall–Kier alpha value is -3.55. The van der Waals surface area contributed by atoms with Gasteiger partial charge >= 0.3 is 0 Å². The molecule has 2 rings (SSSR count). The second-order valence-electron chi connectivity index (χ2n) is 6.75. The number of hydrogen-bond acceptors (Lipinski definition) is 5. The third-order valence-electron chi connectivity index (χ3n) is 4.73. The largest absolute Gasteiger partial charge is 0.497 e. The van der Waals surface area contributed by atoms with Gasteiger partial charge in [-0.1, -0.05) is 38.5 Å². The zero-order chi connectivity index (χ0) is 22.1. The molecule has 0 spiro atoms. The van der Waals surface area contributed by atoms with Gasteiger partial charge in [0.15, 0.2) is 0 Å². The van der Waals surface area contributed by atoms with Crippen molar-refractivity contribution in [1.82, 2.24) is 16.2 Å². The predicted octanol–water partition coefficient (Wildman–Crippen LogP) is 2.31. The Morgan fingerprint density at radius 3 is 2.00 bits per heavy atom. The van der Waals surface area contributed by atoms with E-state index in [9.17, 15) is 14.4 Å². The molecule has 2 unspecified atom stereocenters. The molecule has 2 aromatic carbocycles. The van der Waals surface area contributed by atoms with Crippen molar-refractivity contribution in [1.29, 1.82) is 0 Å². The predicted molar refractivity (Wildman–Crippen MR) is 112 cm³/mol. The van der Waals surface area contributed by atoms with Crippen LogP contribution in [0.2, 0.25) is 0 Å². The average Bonchev–Trinajstić information content (AvgIpc) is 2.80. The summed E-state index contributed by atoms with van der Waals surface area (Å²) in [6.45, 7) is 3.77. The van der Waals surface area contributed by atoms with Crippen LogP contribution in [-0.2, 0) is 4.79 Å². The summed E-state index contributed by atoms with van der Waals surface area (Å²) in [5.41, 5.74) is 5.47. The van der Waals surface area contributed by atoms with Crippen LogP contribution in [-0.4, -0.2) is 38.0 Å². The zero-order valence-corrected chi connectivity index (χ0v) is 17.5. The Labute approximate surface area is 175 Å². The number of rotatable bonds is 8. The number of hydrogen-bond donors (Lipinski definition) is 3. The molecule has 0 bridgehead atoms. The van der Waals surface area contributed by atoms with Gasteiger partial charge in [0.25, 0.3) is 17.7 Å². The van der Waals surface area contributed by atoms with Crippen molar-refractivity contribution in [3.8, 4) is 11.5 Å². The summed E-state index contributed by atoms with van der Waals surface area (Å²) in [7, 11) is 2.95. The van der Waals surface area contributed by atoms with Crippen LogP contribution in [0.1, 0.15) is 41.0 Å². The molecule has 0 aliphatic rings. The first-order valence-corrected chi connectivity index (χ1v) is 9.58. The van der Waals surface area contributed by atoms with E-state index in [1.54, 1.807) is 36.4 Å². The Balaban J connectivity index is 2.07. The standard InChI is InChI=1S/C22H27N3O5/c1-5-14(2)19(23-20(26)15-9-7-6-8-10-15)22(28)25-24-21(27)16-11-17(29-3)13-18(12-16)30-4/h6-14,19H,5H2,1-4H3,(H,23,26)(H,24,27)(H,25,28). The summed E-state index contributed by atoms with van der Waals surface area (Å²) in [5, 5.41) is 2.74. The third-order valence-corrected chi connectivity index (χ3v) is 4.73. The van der Waals surface area contributed by atoms with Crippen LogP contribution in [0.4, 0.5) is 0 Å². The minimum Gasteiger partial charge on any atom is -0.497 e. The minimum atomic E-state index is -0.817. The van der Waals surface area contributed by atoms with E-state index in [2.05, 4.69) is 16.2 Å². The van der Waals surface area contributed by atoms with Crippen molar-refractivity contribution in [3.05, 3.63) is 59.7 Å². The molecular weight excluding hydrogens is 386 g/mol. The lowest BCUT2D eigenvalue weighted by Gasteiger charge is -2.23. The van der Waals surface area contributed by atoms with Gasteiger partial charge in [-0.3, -0.25) is 25.2 Å². The summed E-state index contributed by atoms with van der Waals surface area (Å²) in [6, 6.07) is 12.5. The van der Waals surface area contributed by atoms with E-state index in [0.29, 0.717) is 23.5 Å². The van der Waals surface area contributed by atoms with E-state index < -0.39 is 17.9 Å². The van der Waals surface area contributed by atoms with E-state index in [-0.39, 0.29) is 17.4 Å². The molecule has 3 amide bonds. The van der Waals surface area contributed by atoms with Crippen LogP contribution in [0.15, 0.2) is 48.5 Å². The molecule has 3 N–H and O–H groups in total. The first-order chi connectivity index (χ1) is 14.4. The molecule has 0 aliphatic carbocycles. The fraction of sp³-hybridized carbons (Fsp3) is 0.318. The Kier molecular flexibility index (Phi) is 8.22. The number of nitrogens with one attached hydrogen (secondary N) is 3. The maximum absolute atomic E-state index is 12.7. The van der Waals surface area contributed by atoms with Crippen molar-refractivity contribution in [2.45, 2.75) is 26.3 Å². The molecule has 8 heteroatoms. The van der Waals surface area contributed by atoms with Crippen LogP contribution >= 0.6 is 0 Å². The van der Waals surface area contributed by atoms with Crippen molar-refractivity contribution >= 4 is 17.7 Å². The number of methoxy groups -OCH3 is 2. The molecular formula is C22H27N3O5. The molecule has 2 aromatic rings. The molecule has 0 aromatic heterocycles. The monoisotopic (exact) mass is 413 g/mol. The van der Waals surface area contributed by atoms with Crippen molar-refractivity contribution < 1.29 is 23.9 Å². The molecule has 0 saturated carbocycles. The van der Waals surface area contributed by atoms with Crippen molar-refractivity contribution in [2.75, 3.05) is 14.2 Å². The highest BCUT2D eigenvalue weighted by Gasteiger charge is 2.26. The van der Waals surface area contributed by atoms with Gasteiger partial charge in [0.1, 0.15) is 17.5 Å². The third kappa shape index (κ3) is 5.97. The van der Waals surface area contributed by atoms with E-state index in [4.69, 9.17) is 9.47 Å². The summed E-state index contributed by atoms with van der Waals surface area (Å²) in [5.74, 6) is -0.682. The minimum absolute atomic E-state index is 0.147. The van der Waals surface area contributed by atoms with Gasteiger partial charge in [-0.25, -0.2) is 0 Å². The van der Waals surface area contributed by atoms with E-state index in [0.717, 1.165) is 0 Å². The fourth-order valence-electron chi connectivity index (χ4n) is 2.72. The van der Waals surface area contributed by atoms with E-state index in [1.807, 2.05) is 13.8 Å². The Morgan fingerprint density at radius 1 is 0.867 bits per heavy atom. The lowest BCUT2D eigenvalue weighted by molar-refractivity contribution is -0.124. The Morgan fingerprint density at radius 2 is 1.47 bits per heavy atom. The number of carbonyl (C=O) groups is 3. The molecule has 160 valence electrons. The molecule has 30 heavy (non-hydrogen) atoms. The van der Waals surface area contributed by atoms with Gasteiger partial charge in [-0.2, -0.15) is 0 Å². The van der Waals surface area contributed by atoms with Crippen LogP contribution in [0, 0.1) is 5.92 Å². The number of ether oxygens (including phenoxy) is 2. The van der Waals surface area contributed by atoms with Crippen LogP contribution < -0.4 is 25.6 Å². The van der Waals surface area contributed by atoms with Gasteiger partial charge in [-0.05, 0) is 30.2 Å². The molecule has 0 radical (unpaired) electrons. The average molecular weight is 413 g/mol. The topological polar surface area (TPSA) is 106 Å². The number of benzene rings is 2. The lowest BCUT2D eigenvalue weighted by Crippen LogP contribution is -2.54. The fourth-order valence-corrected chi connectivity index (χ4v) is 2.72. The van der Waals surface area contributed by atoms with Gasteiger partial charge in [0.2, 0.25) is 0 Å². The second kappa shape index (κ2) is 10.8. The van der Waals surface area contributed by atoms with Gasteiger partial charge in [0, 0.05) is 17.2 Å².